The third-order valence-electron chi connectivity index (χ3n) is 5.79. The Balaban J connectivity index is 1.82. The molecule has 1 nitrogen and oxygen atoms in total. The summed E-state index contributed by atoms with van der Waals surface area (Å²) >= 11 is 0. The van der Waals surface area contributed by atoms with Gasteiger partial charge in [0.2, 0.25) is 0 Å². The summed E-state index contributed by atoms with van der Waals surface area (Å²) in [6.07, 6.45) is 8.37. The number of hydrogen-bond donors (Lipinski definition) is 1. The fourth-order valence-electron chi connectivity index (χ4n) is 4.15. The summed E-state index contributed by atoms with van der Waals surface area (Å²) in [5.41, 5.74) is 6.21. The van der Waals surface area contributed by atoms with Gasteiger partial charge in [-0.15, -0.1) is 0 Å². The lowest BCUT2D eigenvalue weighted by Crippen LogP contribution is -2.21. The first-order valence-corrected chi connectivity index (χ1v) is 7.57. The molecule has 1 aliphatic heterocycles. The van der Waals surface area contributed by atoms with E-state index in [0.29, 0.717) is 10.8 Å². The maximum Gasteiger partial charge on any atom is 0.0208 e. The van der Waals surface area contributed by atoms with Crippen molar-refractivity contribution >= 4 is 0 Å². The molecule has 0 aromatic heterocycles. The lowest BCUT2D eigenvalue weighted by molar-refractivity contribution is 0.415. The van der Waals surface area contributed by atoms with E-state index in [4.69, 9.17) is 0 Å². The fourth-order valence-corrected chi connectivity index (χ4v) is 4.15. The van der Waals surface area contributed by atoms with Crippen LogP contribution in [0.4, 0.5) is 0 Å². The van der Waals surface area contributed by atoms with Gasteiger partial charge in [-0.25, -0.2) is 0 Å². The van der Waals surface area contributed by atoms with Crippen molar-refractivity contribution in [1.29, 1.82) is 0 Å². The van der Waals surface area contributed by atoms with Gasteiger partial charge in [0.25, 0.3) is 0 Å². The molecular weight excluding hydrogens is 218 g/mol. The first kappa shape index (κ1) is 11.0. The molecule has 2 fully saturated rings. The highest BCUT2D eigenvalue weighted by atomic mass is 14.9. The Kier molecular flexibility index (Phi) is 2.21. The Morgan fingerprint density at radius 1 is 1.11 bits per heavy atom. The van der Waals surface area contributed by atoms with Crippen molar-refractivity contribution in [2.75, 3.05) is 6.54 Å². The van der Waals surface area contributed by atoms with Crippen molar-refractivity contribution in [3.8, 4) is 0 Å². The summed E-state index contributed by atoms with van der Waals surface area (Å²) in [6, 6.07) is 7.08. The SMILES string of the molecule is CC1(C2(c3cccc4c3CCCNC4)CC2)CC1. The van der Waals surface area contributed by atoms with Gasteiger partial charge in [0, 0.05) is 12.0 Å². The average molecular weight is 241 g/mol. The van der Waals surface area contributed by atoms with Crippen molar-refractivity contribution in [3.63, 3.8) is 0 Å². The zero-order valence-corrected chi connectivity index (χ0v) is 11.4. The quantitative estimate of drug-likeness (QED) is 0.835. The average Bonchev–Trinajstić information content (AvgIpc) is 3.25. The monoisotopic (exact) mass is 241 g/mol. The predicted octanol–water partition coefficient (Wildman–Crippen LogP) is 3.55. The molecule has 0 saturated heterocycles. The van der Waals surface area contributed by atoms with Crippen molar-refractivity contribution in [2.45, 2.75) is 57.4 Å². The van der Waals surface area contributed by atoms with E-state index in [1.165, 1.54) is 45.1 Å². The summed E-state index contributed by atoms with van der Waals surface area (Å²) in [5, 5.41) is 3.56. The summed E-state index contributed by atoms with van der Waals surface area (Å²) < 4.78 is 0. The number of fused-ring (bicyclic) bond motifs is 1. The minimum absolute atomic E-state index is 0.572. The topological polar surface area (TPSA) is 12.0 Å². The van der Waals surface area contributed by atoms with Gasteiger partial charge in [0.05, 0.1) is 0 Å². The molecule has 1 N–H and O–H groups in total. The molecule has 96 valence electrons. The van der Waals surface area contributed by atoms with E-state index in [9.17, 15) is 0 Å². The molecule has 1 aromatic carbocycles. The zero-order chi connectivity index (χ0) is 12.2. The van der Waals surface area contributed by atoms with Crippen molar-refractivity contribution in [3.05, 3.63) is 34.9 Å². The normalized spacial score (nSPS) is 27.2. The molecule has 1 aromatic rings. The van der Waals surface area contributed by atoms with Crippen LogP contribution in [0.5, 0.6) is 0 Å². The number of hydrogen-bond acceptors (Lipinski definition) is 1. The molecular formula is C17H23N. The van der Waals surface area contributed by atoms with Crippen LogP contribution in [-0.4, -0.2) is 6.54 Å². The highest BCUT2D eigenvalue weighted by molar-refractivity contribution is 5.47. The van der Waals surface area contributed by atoms with Crippen LogP contribution in [0.3, 0.4) is 0 Å². The van der Waals surface area contributed by atoms with E-state index < -0.39 is 0 Å². The van der Waals surface area contributed by atoms with E-state index in [2.05, 4.69) is 30.4 Å². The second-order valence-corrected chi connectivity index (χ2v) is 6.87. The fraction of sp³-hybridized carbons (Fsp3) is 0.647. The molecule has 1 heterocycles. The smallest absolute Gasteiger partial charge is 0.0208 e. The van der Waals surface area contributed by atoms with Crippen LogP contribution in [0.15, 0.2) is 18.2 Å². The number of rotatable bonds is 2. The van der Waals surface area contributed by atoms with Crippen LogP contribution in [0.2, 0.25) is 0 Å². The lowest BCUT2D eigenvalue weighted by atomic mass is 9.77. The Bertz CT molecular complexity index is 480. The summed E-state index contributed by atoms with van der Waals surface area (Å²) in [4.78, 5) is 0. The van der Waals surface area contributed by atoms with Gasteiger partial charge in [-0.2, -0.15) is 0 Å². The first-order chi connectivity index (χ1) is 8.75. The van der Waals surface area contributed by atoms with Gasteiger partial charge in [-0.05, 0) is 67.2 Å². The second kappa shape index (κ2) is 3.60. The highest BCUT2D eigenvalue weighted by Gasteiger charge is 2.63. The predicted molar refractivity (Wildman–Crippen MR) is 74.7 cm³/mol. The third kappa shape index (κ3) is 1.43. The molecule has 4 rings (SSSR count). The molecule has 0 spiro atoms. The van der Waals surface area contributed by atoms with E-state index in [1.54, 1.807) is 16.7 Å². The van der Waals surface area contributed by atoms with E-state index in [-0.39, 0.29) is 0 Å². The van der Waals surface area contributed by atoms with Gasteiger partial charge in [0.1, 0.15) is 0 Å². The van der Waals surface area contributed by atoms with E-state index >= 15 is 0 Å². The minimum Gasteiger partial charge on any atom is -0.313 e. The Morgan fingerprint density at radius 3 is 2.67 bits per heavy atom. The first-order valence-electron chi connectivity index (χ1n) is 7.57. The summed E-state index contributed by atoms with van der Waals surface area (Å²) in [6.45, 7) is 4.78. The Hall–Kier alpha value is -0.820. The lowest BCUT2D eigenvalue weighted by Gasteiger charge is -2.27. The van der Waals surface area contributed by atoms with Crippen LogP contribution < -0.4 is 5.32 Å². The Labute approximate surface area is 110 Å². The summed E-state index contributed by atoms with van der Waals surface area (Å²) in [5.74, 6) is 0. The third-order valence-corrected chi connectivity index (χ3v) is 5.79. The molecule has 2 aliphatic carbocycles. The molecule has 0 atom stereocenters. The maximum absolute atomic E-state index is 3.56. The molecule has 0 bridgehead atoms. The van der Waals surface area contributed by atoms with Crippen LogP contribution in [0, 0.1) is 5.41 Å². The van der Waals surface area contributed by atoms with Crippen LogP contribution in [0.1, 0.15) is 55.7 Å². The minimum atomic E-state index is 0.572. The van der Waals surface area contributed by atoms with Gasteiger partial charge in [-0.3, -0.25) is 0 Å². The van der Waals surface area contributed by atoms with Crippen molar-refractivity contribution in [2.24, 2.45) is 5.41 Å². The van der Waals surface area contributed by atoms with Gasteiger partial charge < -0.3 is 5.32 Å². The molecule has 1 heteroatoms. The van der Waals surface area contributed by atoms with Crippen LogP contribution in [0.25, 0.3) is 0 Å². The molecule has 18 heavy (non-hydrogen) atoms. The highest BCUT2D eigenvalue weighted by Crippen LogP contribution is 2.71. The van der Waals surface area contributed by atoms with Crippen LogP contribution >= 0.6 is 0 Å². The molecule has 0 unspecified atom stereocenters. The molecule has 2 saturated carbocycles. The zero-order valence-electron chi connectivity index (χ0n) is 11.4. The maximum atomic E-state index is 3.56. The van der Waals surface area contributed by atoms with Crippen LogP contribution in [-0.2, 0) is 18.4 Å². The van der Waals surface area contributed by atoms with Gasteiger partial charge >= 0.3 is 0 Å². The largest absolute Gasteiger partial charge is 0.313 e. The summed E-state index contributed by atoms with van der Waals surface area (Å²) in [7, 11) is 0. The molecule has 0 amide bonds. The Morgan fingerprint density at radius 2 is 1.94 bits per heavy atom. The van der Waals surface area contributed by atoms with E-state index in [1.807, 2.05) is 0 Å². The molecule has 3 aliphatic rings. The van der Waals surface area contributed by atoms with Gasteiger partial charge in [-0.1, -0.05) is 25.1 Å². The van der Waals surface area contributed by atoms with E-state index in [0.717, 1.165) is 6.54 Å². The molecule has 0 radical (unpaired) electrons. The standard InChI is InChI=1S/C17H23N/c1-16(7-8-16)17(9-10-17)15-6-2-4-13-12-18-11-3-5-14(13)15/h2,4,6,18H,3,5,7-12H2,1H3. The van der Waals surface area contributed by atoms with Crippen molar-refractivity contribution < 1.29 is 0 Å². The second-order valence-electron chi connectivity index (χ2n) is 6.87. The van der Waals surface area contributed by atoms with Crippen molar-refractivity contribution in [1.82, 2.24) is 5.32 Å². The number of nitrogens with one attached hydrogen (secondary N) is 1. The number of benzene rings is 1. The van der Waals surface area contributed by atoms with Gasteiger partial charge in [0.15, 0.2) is 0 Å².